The molecule has 0 saturated carbocycles. The molecule has 0 aliphatic carbocycles. The van der Waals surface area contributed by atoms with Gasteiger partial charge in [-0.3, -0.25) is 0 Å². The van der Waals surface area contributed by atoms with Crippen molar-refractivity contribution in [3.8, 4) is 5.88 Å². The summed E-state index contributed by atoms with van der Waals surface area (Å²) in [4.78, 5) is 4.48. The topological polar surface area (TPSA) is 22.1 Å². The van der Waals surface area contributed by atoms with Crippen molar-refractivity contribution in [1.29, 1.82) is 0 Å². The van der Waals surface area contributed by atoms with Crippen LogP contribution in [0, 0.1) is 12.8 Å². The molecule has 0 fully saturated rings. The third-order valence-electron chi connectivity index (χ3n) is 2.12. The summed E-state index contributed by atoms with van der Waals surface area (Å²) in [5, 5.41) is 0. The zero-order valence-corrected chi connectivity index (χ0v) is 10.4. The zero-order chi connectivity index (χ0) is 11.4. The number of nitrogens with zero attached hydrogens (tertiary/aromatic N) is 1. The van der Waals surface area contributed by atoms with E-state index in [1.807, 2.05) is 6.07 Å². The lowest BCUT2D eigenvalue weighted by atomic mass is 10.1. The van der Waals surface area contributed by atoms with E-state index in [1.165, 1.54) is 5.56 Å². The highest BCUT2D eigenvalue weighted by Crippen LogP contribution is 2.18. The van der Waals surface area contributed by atoms with Gasteiger partial charge in [0.1, 0.15) is 0 Å². The number of pyridine rings is 1. The van der Waals surface area contributed by atoms with Gasteiger partial charge in [-0.25, -0.2) is 4.98 Å². The number of aromatic nitrogens is 1. The Balaban J connectivity index is 2.79. The van der Waals surface area contributed by atoms with Crippen molar-refractivity contribution < 1.29 is 4.74 Å². The van der Waals surface area contributed by atoms with E-state index in [9.17, 15) is 0 Å². The van der Waals surface area contributed by atoms with Gasteiger partial charge in [-0.05, 0) is 30.4 Å². The molecule has 0 aliphatic rings. The standard InChI is InChI=1S/C13H21NO/c1-9(2)8-15-13-7-11(5)6-12(14-13)10(3)4/h6-7,9-10H,8H2,1-5H3. The van der Waals surface area contributed by atoms with Gasteiger partial charge in [-0.15, -0.1) is 0 Å². The summed E-state index contributed by atoms with van der Waals surface area (Å²) in [6, 6.07) is 4.11. The zero-order valence-electron chi connectivity index (χ0n) is 10.4. The Morgan fingerprint density at radius 3 is 2.40 bits per heavy atom. The average Bonchev–Trinajstić information content (AvgIpc) is 2.13. The highest BCUT2D eigenvalue weighted by Gasteiger charge is 2.05. The second-order valence-electron chi connectivity index (χ2n) is 4.77. The van der Waals surface area contributed by atoms with Crippen molar-refractivity contribution in [2.45, 2.75) is 40.5 Å². The molecule has 0 atom stereocenters. The van der Waals surface area contributed by atoms with Crippen LogP contribution in [0.4, 0.5) is 0 Å². The van der Waals surface area contributed by atoms with Crippen LogP contribution in [0.15, 0.2) is 12.1 Å². The van der Waals surface area contributed by atoms with Gasteiger partial charge in [0.05, 0.1) is 6.61 Å². The molecule has 2 nitrogen and oxygen atoms in total. The van der Waals surface area contributed by atoms with Crippen LogP contribution < -0.4 is 4.74 Å². The largest absolute Gasteiger partial charge is 0.477 e. The molecule has 1 rings (SSSR count). The van der Waals surface area contributed by atoms with Crippen LogP contribution in [0.25, 0.3) is 0 Å². The molecule has 1 aromatic rings. The van der Waals surface area contributed by atoms with Gasteiger partial charge >= 0.3 is 0 Å². The molecule has 0 spiro atoms. The molecular weight excluding hydrogens is 186 g/mol. The fraction of sp³-hybridized carbons (Fsp3) is 0.615. The SMILES string of the molecule is Cc1cc(OCC(C)C)nc(C(C)C)c1. The Morgan fingerprint density at radius 2 is 1.87 bits per heavy atom. The number of hydrogen-bond acceptors (Lipinski definition) is 2. The van der Waals surface area contributed by atoms with E-state index in [4.69, 9.17) is 4.74 Å². The number of hydrogen-bond donors (Lipinski definition) is 0. The highest BCUT2D eigenvalue weighted by atomic mass is 16.5. The van der Waals surface area contributed by atoms with E-state index < -0.39 is 0 Å². The number of aryl methyl sites for hydroxylation is 1. The molecule has 84 valence electrons. The summed E-state index contributed by atoms with van der Waals surface area (Å²) in [6.45, 7) is 11.4. The maximum atomic E-state index is 5.63. The molecule has 0 N–H and O–H groups in total. The van der Waals surface area contributed by atoms with Crippen molar-refractivity contribution in [3.63, 3.8) is 0 Å². The molecule has 1 heterocycles. The van der Waals surface area contributed by atoms with E-state index in [2.05, 4.69) is 45.7 Å². The molecule has 2 heteroatoms. The molecule has 0 radical (unpaired) electrons. The van der Waals surface area contributed by atoms with Crippen LogP contribution in [-0.4, -0.2) is 11.6 Å². The van der Waals surface area contributed by atoms with Crippen molar-refractivity contribution in [2.24, 2.45) is 5.92 Å². The smallest absolute Gasteiger partial charge is 0.213 e. The summed E-state index contributed by atoms with van der Waals surface area (Å²) < 4.78 is 5.63. The quantitative estimate of drug-likeness (QED) is 0.753. The Hall–Kier alpha value is -1.05. The average molecular weight is 207 g/mol. The Bertz CT molecular complexity index is 318. The second kappa shape index (κ2) is 5.15. The summed E-state index contributed by atoms with van der Waals surface area (Å²) in [5.74, 6) is 1.74. The fourth-order valence-electron chi connectivity index (χ4n) is 1.28. The van der Waals surface area contributed by atoms with Crippen LogP contribution in [0.1, 0.15) is 44.9 Å². The number of ether oxygens (including phenoxy) is 1. The lowest BCUT2D eigenvalue weighted by molar-refractivity contribution is 0.260. The molecule has 0 bridgehead atoms. The highest BCUT2D eigenvalue weighted by molar-refractivity contribution is 5.25. The van der Waals surface area contributed by atoms with Crippen molar-refractivity contribution >= 4 is 0 Å². The third-order valence-corrected chi connectivity index (χ3v) is 2.12. The van der Waals surface area contributed by atoms with Gasteiger partial charge in [0.2, 0.25) is 5.88 Å². The van der Waals surface area contributed by atoms with Gasteiger partial charge in [0, 0.05) is 11.8 Å². The summed E-state index contributed by atoms with van der Waals surface area (Å²) >= 11 is 0. The van der Waals surface area contributed by atoms with Crippen LogP contribution >= 0.6 is 0 Å². The first-order chi connectivity index (χ1) is 6.99. The minimum Gasteiger partial charge on any atom is -0.477 e. The molecular formula is C13H21NO. The fourth-order valence-corrected chi connectivity index (χ4v) is 1.28. The van der Waals surface area contributed by atoms with E-state index in [1.54, 1.807) is 0 Å². The van der Waals surface area contributed by atoms with E-state index in [0.717, 1.165) is 18.2 Å². The normalized spacial score (nSPS) is 11.1. The summed E-state index contributed by atoms with van der Waals surface area (Å²) in [7, 11) is 0. The van der Waals surface area contributed by atoms with Gasteiger partial charge in [-0.2, -0.15) is 0 Å². The van der Waals surface area contributed by atoms with E-state index in [0.29, 0.717) is 11.8 Å². The lowest BCUT2D eigenvalue weighted by Crippen LogP contribution is -2.07. The minimum atomic E-state index is 0.450. The van der Waals surface area contributed by atoms with Crippen LogP contribution in [0.3, 0.4) is 0 Å². The molecule has 0 aliphatic heterocycles. The molecule has 15 heavy (non-hydrogen) atoms. The number of rotatable bonds is 4. The monoisotopic (exact) mass is 207 g/mol. The molecule has 1 aromatic heterocycles. The maximum absolute atomic E-state index is 5.63. The molecule has 0 unspecified atom stereocenters. The molecule has 0 saturated heterocycles. The van der Waals surface area contributed by atoms with Crippen LogP contribution in [0.5, 0.6) is 5.88 Å². The Morgan fingerprint density at radius 1 is 1.20 bits per heavy atom. The predicted octanol–water partition coefficient (Wildman–Crippen LogP) is 3.55. The first kappa shape index (κ1) is 12.0. The van der Waals surface area contributed by atoms with Crippen molar-refractivity contribution in [1.82, 2.24) is 4.98 Å². The second-order valence-corrected chi connectivity index (χ2v) is 4.77. The Labute approximate surface area is 92.7 Å². The van der Waals surface area contributed by atoms with Gasteiger partial charge in [0.25, 0.3) is 0 Å². The van der Waals surface area contributed by atoms with Gasteiger partial charge in [-0.1, -0.05) is 27.7 Å². The van der Waals surface area contributed by atoms with Gasteiger partial charge < -0.3 is 4.74 Å². The van der Waals surface area contributed by atoms with E-state index >= 15 is 0 Å². The molecule has 0 aromatic carbocycles. The summed E-state index contributed by atoms with van der Waals surface area (Å²) in [5.41, 5.74) is 2.32. The van der Waals surface area contributed by atoms with Crippen LogP contribution in [-0.2, 0) is 0 Å². The Kier molecular flexibility index (Phi) is 4.13. The van der Waals surface area contributed by atoms with Crippen molar-refractivity contribution in [2.75, 3.05) is 6.61 Å². The lowest BCUT2D eigenvalue weighted by Gasteiger charge is -2.11. The van der Waals surface area contributed by atoms with E-state index in [-0.39, 0.29) is 0 Å². The summed E-state index contributed by atoms with van der Waals surface area (Å²) in [6.07, 6.45) is 0. The first-order valence-electron chi connectivity index (χ1n) is 5.60. The van der Waals surface area contributed by atoms with Crippen molar-refractivity contribution in [3.05, 3.63) is 23.4 Å². The maximum Gasteiger partial charge on any atom is 0.213 e. The minimum absolute atomic E-state index is 0.450. The van der Waals surface area contributed by atoms with Gasteiger partial charge in [0.15, 0.2) is 0 Å². The first-order valence-corrected chi connectivity index (χ1v) is 5.60. The third kappa shape index (κ3) is 3.90. The van der Waals surface area contributed by atoms with Crippen LogP contribution in [0.2, 0.25) is 0 Å². The predicted molar refractivity (Wildman–Crippen MR) is 63.4 cm³/mol. The molecule has 0 amide bonds.